The molecule has 0 radical (unpaired) electrons. The summed E-state index contributed by atoms with van der Waals surface area (Å²) in [4.78, 5) is 14.4. The molecular weight excluding hydrogens is 280 g/mol. The van der Waals surface area contributed by atoms with E-state index >= 15 is 0 Å². The quantitative estimate of drug-likeness (QED) is 0.695. The number of nitrogens with one attached hydrogen (secondary N) is 1. The highest BCUT2D eigenvalue weighted by molar-refractivity contribution is 5.78. The molecule has 2 aliphatic rings. The fourth-order valence-electron chi connectivity index (χ4n) is 3.19. The van der Waals surface area contributed by atoms with E-state index in [9.17, 15) is 4.79 Å². The van der Waals surface area contributed by atoms with E-state index in [0.717, 1.165) is 52.4 Å². The summed E-state index contributed by atoms with van der Waals surface area (Å²) in [5.74, 6) is 0.196. The molecule has 1 aliphatic carbocycles. The van der Waals surface area contributed by atoms with Crippen molar-refractivity contribution in [3.8, 4) is 0 Å². The smallest absolute Gasteiger partial charge is 0.224 e. The lowest BCUT2D eigenvalue weighted by Crippen LogP contribution is -2.43. The number of carbonyl (C=O) groups excluding carboxylic acids is 1. The molecule has 1 saturated carbocycles. The Labute approximate surface area is 134 Å². The Morgan fingerprint density at radius 1 is 1.27 bits per heavy atom. The van der Waals surface area contributed by atoms with E-state index in [1.54, 1.807) is 0 Å². The summed E-state index contributed by atoms with van der Waals surface area (Å²) in [6.07, 6.45) is 7.76. The number of morpholine rings is 1. The van der Waals surface area contributed by atoms with Gasteiger partial charge in [0.05, 0.1) is 19.3 Å². The van der Waals surface area contributed by atoms with Crippen LogP contribution < -0.4 is 5.32 Å². The monoisotopic (exact) mass is 312 g/mol. The van der Waals surface area contributed by atoms with Crippen molar-refractivity contribution in [1.82, 2.24) is 10.2 Å². The van der Waals surface area contributed by atoms with Crippen molar-refractivity contribution < 1.29 is 14.3 Å². The number of amides is 1. The van der Waals surface area contributed by atoms with Gasteiger partial charge in [-0.25, -0.2) is 0 Å². The predicted molar refractivity (Wildman–Crippen MR) is 86.9 cm³/mol. The average molecular weight is 312 g/mol. The molecule has 2 rings (SSSR count). The van der Waals surface area contributed by atoms with E-state index in [4.69, 9.17) is 9.47 Å². The minimum atomic E-state index is 0.0392. The lowest BCUT2D eigenvalue weighted by molar-refractivity contribution is -0.125. The third-order valence-electron chi connectivity index (χ3n) is 4.61. The van der Waals surface area contributed by atoms with Gasteiger partial charge < -0.3 is 14.8 Å². The molecule has 5 nitrogen and oxygen atoms in total. The van der Waals surface area contributed by atoms with E-state index in [1.807, 2.05) is 6.92 Å². The van der Waals surface area contributed by atoms with Crippen LogP contribution >= 0.6 is 0 Å². The zero-order valence-electron chi connectivity index (χ0n) is 14.0. The van der Waals surface area contributed by atoms with Gasteiger partial charge >= 0.3 is 0 Å². The van der Waals surface area contributed by atoms with Crippen LogP contribution in [0.3, 0.4) is 0 Å². The van der Waals surface area contributed by atoms with Crippen LogP contribution in [0.1, 0.15) is 45.4 Å². The van der Waals surface area contributed by atoms with Crippen LogP contribution in [0.25, 0.3) is 0 Å². The molecule has 0 aromatic rings. The van der Waals surface area contributed by atoms with Crippen LogP contribution in [0.15, 0.2) is 0 Å². The predicted octanol–water partition coefficient (Wildman–Crippen LogP) is 1.81. The number of carbonyl (C=O) groups is 1. The summed E-state index contributed by atoms with van der Waals surface area (Å²) in [6, 6.07) is 0. The molecule has 0 aromatic carbocycles. The minimum absolute atomic E-state index is 0.0392. The second kappa shape index (κ2) is 10.2. The van der Waals surface area contributed by atoms with Crippen molar-refractivity contribution in [2.75, 3.05) is 46.0 Å². The first-order chi connectivity index (χ1) is 10.8. The molecule has 5 heteroatoms. The maximum atomic E-state index is 12.1. The Kier molecular flexibility index (Phi) is 8.20. The van der Waals surface area contributed by atoms with Crippen LogP contribution in [-0.4, -0.2) is 62.9 Å². The van der Waals surface area contributed by atoms with Gasteiger partial charge in [-0.05, 0) is 19.3 Å². The van der Waals surface area contributed by atoms with E-state index in [-0.39, 0.29) is 11.8 Å². The van der Waals surface area contributed by atoms with E-state index in [0.29, 0.717) is 6.10 Å². The maximum absolute atomic E-state index is 12.1. The van der Waals surface area contributed by atoms with Crippen LogP contribution in [0.2, 0.25) is 0 Å². The van der Waals surface area contributed by atoms with Gasteiger partial charge in [0.1, 0.15) is 0 Å². The largest absolute Gasteiger partial charge is 0.379 e. The summed E-state index contributed by atoms with van der Waals surface area (Å²) in [6.45, 7) is 7.76. The number of hydrogen-bond donors (Lipinski definition) is 1. The first-order valence-electron chi connectivity index (χ1n) is 8.95. The highest BCUT2D eigenvalue weighted by Gasteiger charge is 2.18. The molecule has 1 atom stereocenters. The average Bonchev–Trinajstić information content (AvgIpc) is 2.56. The van der Waals surface area contributed by atoms with Gasteiger partial charge in [-0.1, -0.05) is 26.2 Å². The molecule has 0 bridgehead atoms. The fraction of sp³-hybridized carbons (Fsp3) is 0.941. The van der Waals surface area contributed by atoms with Gasteiger partial charge in [-0.3, -0.25) is 9.69 Å². The van der Waals surface area contributed by atoms with Crippen molar-refractivity contribution >= 4 is 5.91 Å². The summed E-state index contributed by atoms with van der Waals surface area (Å²) in [5, 5.41) is 3.03. The Balaban J connectivity index is 1.49. The van der Waals surface area contributed by atoms with Crippen molar-refractivity contribution in [2.45, 2.75) is 51.6 Å². The van der Waals surface area contributed by atoms with Gasteiger partial charge in [0.15, 0.2) is 0 Å². The number of nitrogens with zero attached hydrogens (tertiary/aromatic N) is 1. The minimum Gasteiger partial charge on any atom is -0.379 e. The molecular formula is C17H32N2O3. The highest BCUT2D eigenvalue weighted by Crippen LogP contribution is 2.20. The highest BCUT2D eigenvalue weighted by atomic mass is 16.5. The van der Waals surface area contributed by atoms with Gasteiger partial charge in [-0.2, -0.15) is 0 Å². The Morgan fingerprint density at radius 3 is 2.73 bits per heavy atom. The third kappa shape index (κ3) is 6.63. The third-order valence-corrected chi connectivity index (χ3v) is 4.61. The second-order valence-corrected chi connectivity index (χ2v) is 6.59. The summed E-state index contributed by atoms with van der Waals surface area (Å²) >= 11 is 0. The first kappa shape index (κ1) is 17.7. The fourth-order valence-corrected chi connectivity index (χ4v) is 3.19. The normalized spacial score (nSPS) is 22.4. The lowest BCUT2D eigenvalue weighted by atomic mass is 9.98. The molecule has 0 aromatic heterocycles. The van der Waals surface area contributed by atoms with E-state index < -0.39 is 0 Å². The van der Waals surface area contributed by atoms with Gasteiger partial charge in [0.2, 0.25) is 5.91 Å². The van der Waals surface area contributed by atoms with Gasteiger partial charge in [-0.15, -0.1) is 0 Å². The number of rotatable bonds is 8. The summed E-state index contributed by atoms with van der Waals surface area (Å²) in [5.41, 5.74) is 0. The molecule has 128 valence electrons. The van der Waals surface area contributed by atoms with Crippen molar-refractivity contribution in [3.63, 3.8) is 0 Å². The summed E-state index contributed by atoms with van der Waals surface area (Å²) < 4.78 is 11.2. The SMILES string of the molecule is CC(CN1CCOCC1)C(=O)NCCCOC1CCCCC1. The second-order valence-electron chi connectivity index (χ2n) is 6.59. The topological polar surface area (TPSA) is 50.8 Å². The molecule has 22 heavy (non-hydrogen) atoms. The van der Waals surface area contributed by atoms with Crippen LogP contribution in [0, 0.1) is 5.92 Å². The zero-order valence-corrected chi connectivity index (χ0v) is 14.0. The Bertz CT molecular complexity index is 313. The first-order valence-corrected chi connectivity index (χ1v) is 8.95. The zero-order chi connectivity index (χ0) is 15.6. The molecule has 0 spiro atoms. The molecule has 1 amide bonds. The standard InChI is InChI=1S/C17H32N2O3/c1-15(14-19-9-12-21-13-10-19)17(20)18-8-5-11-22-16-6-3-2-4-7-16/h15-16H,2-14H2,1H3,(H,18,20). The Morgan fingerprint density at radius 2 is 2.00 bits per heavy atom. The van der Waals surface area contributed by atoms with Crippen molar-refractivity contribution in [2.24, 2.45) is 5.92 Å². The number of ether oxygens (including phenoxy) is 2. The molecule has 2 fully saturated rings. The van der Waals surface area contributed by atoms with Gasteiger partial charge in [0.25, 0.3) is 0 Å². The molecule has 1 heterocycles. The van der Waals surface area contributed by atoms with Crippen LogP contribution in [-0.2, 0) is 14.3 Å². The van der Waals surface area contributed by atoms with E-state index in [2.05, 4.69) is 10.2 Å². The molecule has 1 saturated heterocycles. The molecule has 1 N–H and O–H groups in total. The molecule has 1 aliphatic heterocycles. The summed E-state index contributed by atoms with van der Waals surface area (Å²) in [7, 11) is 0. The van der Waals surface area contributed by atoms with Gasteiger partial charge in [0, 0.05) is 38.7 Å². The number of hydrogen-bond acceptors (Lipinski definition) is 4. The van der Waals surface area contributed by atoms with E-state index in [1.165, 1.54) is 32.1 Å². The molecule has 1 unspecified atom stereocenters. The van der Waals surface area contributed by atoms with Crippen molar-refractivity contribution in [1.29, 1.82) is 0 Å². The van der Waals surface area contributed by atoms with Crippen LogP contribution in [0.5, 0.6) is 0 Å². The van der Waals surface area contributed by atoms with Crippen LogP contribution in [0.4, 0.5) is 0 Å². The lowest BCUT2D eigenvalue weighted by Gasteiger charge is -2.28. The Hall–Kier alpha value is -0.650. The maximum Gasteiger partial charge on any atom is 0.224 e. The van der Waals surface area contributed by atoms with Crippen molar-refractivity contribution in [3.05, 3.63) is 0 Å².